The Morgan fingerprint density at radius 1 is 1.06 bits per heavy atom. The van der Waals surface area contributed by atoms with E-state index in [1.807, 2.05) is 50.2 Å². The molecular weight excluding hydrogens is 488 g/mol. The number of Topliss-reactive ketones (excluding diaryl/α,β-unsaturated/α-hetero) is 1. The van der Waals surface area contributed by atoms with E-state index in [1.54, 1.807) is 0 Å². The van der Waals surface area contributed by atoms with Crippen molar-refractivity contribution in [2.75, 3.05) is 13.7 Å². The highest BCUT2D eigenvalue weighted by Crippen LogP contribution is 2.38. The normalized spacial score (nSPS) is 13.7. The van der Waals surface area contributed by atoms with Gasteiger partial charge in [-0.05, 0) is 56.5 Å². The quantitative estimate of drug-likeness (QED) is 0.298. The first-order valence-electron chi connectivity index (χ1n) is 11.3. The number of ketones is 1. The van der Waals surface area contributed by atoms with Crippen molar-refractivity contribution in [3.05, 3.63) is 87.7 Å². The van der Waals surface area contributed by atoms with Gasteiger partial charge in [0.2, 0.25) is 15.8 Å². The smallest absolute Gasteiger partial charge is 0.340 e. The number of rotatable bonds is 9. The topological polar surface area (TPSA) is 85.7 Å². The van der Waals surface area contributed by atoms with Crippen LogP contribution in [0.15, 0.2) is 59.5 Å². The Labute approximate surface area is 210 Å². The van der Waals surface area contributed by atoms with Gasteiger partial charge in [0.05, 0.1) is 15.5 Å². The van der Waals surface area contributed by atoms with Crippen molar-refractivity contribution in [1.29, 1.82) is 0 Å². The van der Waals surface area contributed by atoms with Gasteiger partial charge in [-0.2, -0.15) is 4.31 Å². The SMILES string of the molecule is Cc1cc(C(=O)COC(=O)c2cc(S(=O)(=O)N(C)Cc3ccccc3)ccc2Cl)c(C)n1C1CC1. The summed E-state index contributed by atoms with van der Waals surface area (Å²) in [5.41, 5.74) is 3.09. The zero-order valence-corrected chi connectivity index (χ0v) is 21.4. The van der Waals surface area contributed by atoms with Crippen LogP contribution in [0, 0.1) is 13.8 Å². The molecule has 3 aromatic rings. The van der Waals surface area contributed by atoms with Gasteiger partial charge in [-0.15, -0.1) is 0 Å². The third-order valence-corrected chi connectivity index (χ3v) is 8.27. The molecule has 0 amide bonds. The molecule has 1 fully saturated rings. The van der Waals surface area contributed by atoms with Gasteiger partial charge in [0.1, 0.15) is 0 Å². The summed E-state index contributed by atoms with van der Waals surface area (Å²) in [5.74, 6) is -1.18. The number of benzene rings is 2. The molecule has 1 saturated carbocycles. The molecule has 1 aliphatic carbocycles. The van der Waals surface area contributed by atoms with Crippen molar-refractivity contribution in [2.24, 2.45) is 0 Å². The van der Waals surface area contributed by atoms with Crippen LogP contribution in [0.3, 0.4) is 0 Å². The third-order valence-electron chi connectivity index (χ3n) is 6.15. The molecule has 7 nitrogen and oxygen atoms in total. The van der Waals surface area contributed by atoms with Crippen molar-refractivity contribution >= 4 is 33.4 Å². The minimum Gasteiger partial charge on any atom is -0.454 e. The summed E-state index contributed by atoms with van der Waals surface area (Å²) in [7, 11) is -2.43. The molecule has 2 aromatic carbocycles. The van der Waals surface area contributed by atoms with Crippen LogP contribution in [0.1, 0.15) is 56.6 Å². The number of carbonyl (C=O) groups excluding carboxylic acids is 2. The van der Waals surface area contributed by atoms with Crippen molar-refractivity contribution in [2.45, 2.75) is 44.2 Å². The van der Waals surface area contributed by atoms with E-state index < -0.39 is 22.6 Å². The van der Waals surface area contributed by atoms with Crippen LogP contribution in [-0.4, -0.2) is 42.7 Å². The van der Waals surface area contributed by atoms with Crippen LogP contribution < -0.4 is 0 Å². The van der Waals surface area contributed by atoms with Crippen LogP contribution in [0.5, 0.6) is 0 Å². The number of aryl methyl sites for hydroxylation is 1. The highest BCUT2D eigenvalue weighted by Gasteiger charge is 2.29. The zero-order valence-electron chi connectivity index (χ0n) is 19.8. The first-order valence-corrected chi connectivity index (χ1v) is 13.1. The molecule has 0 radical (unpaired) electrons. The van der Waals surface area contributed by atoms with Crippen molar-refractivity contribution < 1.29 is 22.7 Å². The minimum atomic E-state index is -3.90. The summed E-state index contributed by atoms with van der Waals surface area (Å²) in [6.45, 7) is 3.54. The number of ether oxygens (including phenoxy) is 1. The largest absolute Gasteiger partial charge is 0.454 e. The Hall–Kier alpha value is -2.94. The van der Waals surface area contributed by atoms with E-state index in [0.717, 1.165) is 29.8 Å². The highest BCUT2D eigenvalue weighted by molar-refractivity contribution is 7.89. The number of hydrogen-bond donors (Lipinski definition) is 0. The molecule has 0 bridgehead atoms. The number of sulfonamides is 1. The zero-order chi connectivity index (χ0) is 25.3. The van der Waals surface area contributed by atoms with Crippen molar-refractivity contribution in [3.8, 4) is 0 Å². The van der Waals surface area contributed by atoms with Crippen LogP contribution in [0.2, 0.25) is 5.02 Å². The lowest BCUT2D eigenvalue weighted by Gasteiger charge is -2.18. The molecule has 1 aromatic heterocycles. The summed E-state index contributed by atoms with van der Waals surface area (Å²) in [5, 5.41) is 0.0408. The second kappa shape index (κ2) is 9.97. The first-order chi connectivity index (χ1) is 16.6. The summed E-state index contributed by atoms with van der Waals surface area (Å²) in [6.07, 6.45) is 2.19. The van der Waals surface area contributed by atoms with Gasteiger partial charge < -0.3 is 9.30 Å². The number of hydrogen-bond acceptors (Lipinski definition) is 5. The molecule has 0 saturated heterocycles. The molecule has 1 heterocycles. The number of nitrogens with zero attached hydrogens (tertiary/aromatic N) is 2. The minimum absolute atomic E-state index is 0.0408. The molecule has 35 heavy (non-hydrogen) atoms. The number of aromatic nitrogens is 1. The van der Waals surface area contributed by atoms with E-state index in [2.05, 4.69) is 4.57 Å². The average molecular weight is 515 g/mol. The molecule has 0 aliphatic heterocycles. The fourth-order valence-corrected chi connectivity index (χ4v) is 5.55. The predicted molar refractivity (Wildman–Crippen MR) is 133 cm³/mol. The van der Waals surface area contributed by atoms with Crippen molar-refractivity contribution in [1.82, 2.24) is 8.87 Å². The predicted octanol–water partition coefficient (Wildman–Crippen LogP) is 4.95. The fraction of sp³-hybridized carbons (Fsp3) is 0.308. The van der Waals surface area contributed by atoms with Gasteiger partial charge in [-0.3, -0.25) is 4.79 Å². The van der Waals surface area contributed by atoms with E-state index >= 15 is 0 Å². The lowest BCUT2D eigenvalue weighted by Crippen LogP contribution is -2.26. The summed E-state index contributed by atoms with van der Waals surface area (Å²) in [4.78, 5) is 25.4. The van der Waals surface area contributed by atoms with E-state index in [1.165, 1.54) is 29.6 Å². The standard InChI is InChI=1S/C26H27ClN2O5S/c1-17-13-22(18(2)29(17)20-9-10-20)25(30)16-34-26(31)23-14-21(11-12-24(23)27)35(32,33)28(3)15-19-7-5-4-6-8-19/h4-8,11-14,20H,9-10,15-16H2,1-3H3. The third kappa shape index (κ3) is 5.34. The van der Waals surface area contributed by atoms with Gasteiger partial charge in [-0.1, -0.05) is 41.9 Å². The van der Waals surface area contributed by atoms with Crippen LogP contribution >= 0.6 is 11.6 Å². The molecule has 0 spiro atoms. The number of carbonyl (C=O) groups is 2. The van der Waals surface area contributed by atoms with E-state index in [4.69, 9.17) is 16.3 Å². The maximum atomic E-state index is 13.1. The van der Waals surface area contributed by atoms with Gasteiger partial charge in [0, 0.05) is 36.6 Å². The lowest BCUT2D eigenvalue weighted by molar-refractivity contribution is 0.0474. The summed E-state index contributed by atoms with van der Waals surface area (Å²) < 4.78 is 34.7. The molecule has 0 atom stereocenters. The Bertz CT molecular complexity index is 1380. The second-order valence-electron chi connectivity index (χ2n) is 8.77. The molecule has 0 unspecified atom stereocenters. The van der Waals surface area contributed by atoms with Crippen LogP contribution in [0.25, 0.3) is 0 Å². The lowest BCUT2D eigenvalue weighted by atomic mass is 10.1. The molecule has 4 rings (SSSR count). The fourth-order valence-electron chi connectivity index (χ4n) is 4.17. The molecule has 9 heteroatoms. The highest BCUT2D eigenvalue weighted by atomic mass is 35.5. The maximum Gasteiger partial charge on any atom is 0.340 e. The number of halogens is 1. The Balaban J connectivity index is 1.48. The van der Waals surface area contributed by atoms with Gasteiger partial charge in [0.25, 0.3) is 0 Å². The van der Waals surface area contributed by atoms with E-state index in [9.17, 15) is 18.0 Å². The number of esters is 1. The van der Waals surface area contributed by atoms with Gasteiger partial charge in [-0.25, -0.2) is 13.2 Å². The summed E-state index contributed by atoms with van der Waals surface area (Å²) in [6, 6.07) is 15.3. The van der Waals surface area contributed by atoms with Crippen LogP contribution in [0.4, 0.5) is 0 Å². The monoisotopic (exact) mass is 514 g/mol. The average Bonchev–Trinajstić information content (AvgIpc) is 3.61. The molecule has 1 aliphatic rings. The second-order valence-corrected chi connectivity index (χ2v) is 11.2. The Kier molecular flexibility index (Phi) is 7.17. The maximum absolute atomic E-state index is 13.1. The first kappa shape index (κ1) is 25.2. The van der Waals surface area contributed by atoms with Crippen molar-refractivity contribution in [3.63, 3.8) is 0 Å². The van der Waals surface area contributed by atoms with E-state index in [0.29, 0.717) is 11.6 Å². The molecular formula is C26H27ClN2O5S. The Morgan fingerprint density at radius 3 is 2.40 bits per heavy atom. The van der Waals surface area contributed by atoms with E-state index in [-0.39, 0.29) is 27.8 Å². The molecule has 0 N–H and O–H groups in total. The molecule has 184 valence electrons. The van der Waals surface area contributed by atoms with Crippen LogP contribution in [-0.2, 0) is 21.3 Å². The van der Waals surface area contributed by atoms with Gasteiger partial charge >= 0.3 is 5.97 Å². The Morgan fingerprint density at radius 2 is 1.74 bits per heavy atom. The van der Waals surface area contributed by atoms with Gasteiger partial charge in [0.15, 0.2) is 6.61 Å². The summed E-state index contributed by atoms with van der Waals surface area (Å²) >= 11 is 6.18.